The minimum atomic E-state index is -0.169. The summed E-state index contributed by atoms with van der Waals surface area (Å²) in [6, 6.07) is 21.0. The lowest BCUT2D eigenvalue weighted by Gasteiger charge is -2.08. The van der Waals surface area contributed by atoms with E-state index < -0.39 is 0 Å². The first-order valence-corrected chi connectivity index (χ1v) is 12.0. The Balaban J connectivity index is 1.40. The number of carbonyl (C=O) groups is 1. The number of aromatic amines is 1. The third-order valence-corrected chi connectivity index (χ3v) is 5.94. The first-order valence-electron chi connectivity index (χ1n) is 12.0. The summed E-state index contributed by atoms with van der Waals surface area (Å²) in [6.07, 6.45) is 5.81. The van der Waals surface area contributed by atoms with Crippen LogP contribution in [-0.4, -0.2) is 46.2 Å². The molecule has 3 heterocycles. The molecule has 36 heavy (non-hydrogen) atoms. The number of hydrogen-bond acceptors (Lipinski definition) is 7. The number of benzene rings is 2. The molecule has 0 unspecified atom stereocenters. The fourth-order valence-corrected chi connectivity index (χ4v) is 4.06. The SMILES string of the molecule is CCCCCc1nc(C(=O)c2ccccc2)nn1Cc1ccc(-c2ccccc2-c2nn[nH]n2)nc1. The summed E-state index contributed by atoms with van der Waals surface area (Å²) in [4.78, 5) is 22.3. The van der Waals surface area contributed by atoms with Crippen molar-refractivity contribution in [3.8, 4) is 22.6 Å². The third-order valence-electron chi connectivity index (χ3n) is 5.94. The number of ketones is 1. The Morgan fingerprint density at radius 3 is 2.47 bits per heavy atom. The average molecular weight is 479 g/mol. The molecule has 0 radical (unpaired) electrons. The Morgan fingerprint density at radius 1 is 0.944 bits per heavy atom. The van der Waals surface area contributed by atoms with Crippen LogP contribution in [0.25, 0.3) is 22.6 Å². The number of rotatable bonds is 10. The molecule has 0 fully saturated rings. The molecule has 0 saturated carbocycles. The predicted octanol–water partition coefficient (Wildman–Crippen LogP) is 4.53. The van der Waals surface area contributed by atoms with E-state index in [0.717, 1.165) is 53.9 Å². The van der Waals surface area contributed by atoms with Gasteiger partial charge >= 0.3 is 0 Å². The number of aryl methyl sites for hydroxylation is 1. The van der Waals surface area contributed by atoms with Gasteiger partial charge in [0.1, 0.15) is 5.82 Å². The number of carbonyl (C=O) groups excluding carboxylic acids is 1. The number of nitrogens with one attached hydrogen (secondary N) is 1. The molecule has 9 heteroatoms. The molecular weight excluding hydrogens is 452 g/mol. The summed E-state index contributed by atoms with van der Waals surface area (Å²) in [6.45, 7) is 2.65. The lowest BCUT2D eigenvalue weighted by Crippen LogP contribution is -2.08. The van der Waals surface area contributed by atoms with Crippen molar-refractivity contribution < 1.29 is 4.79 Å². The van der Waals surface area contributed by atoms with E-state index >= 15 is 0 Å². The first-order chi connectivity index (χ1) is 17.7. The van der Waals surface area contributed by atoms with Crippen molar-refractivity contribution in [1.29, 1.82) is 0 Å². The van der Waals surface area contributed by atoms with E-state index in [1.165, 1.54) is 0 Å². The van der Waals surface area contributed by atoms with Crippen LogP contribution in [0.4, 0.5) is 0 Å². The lowest BCUT2D eigenvalue weighted by atomic mass is 10.0. The Morgan fingerprint density at radius 2 is 1.75 bits per heavy atom. The van der Waals surface area contributed by atoms with Crippen molar-refractivity contribution in [2.24, 2.45) is 0 Å². The fourth-order valence-electron chi connectivity index (χ4n) is 4.06. The zero-order chi connectivity index (χ0) is 24.7. The van der Waals surface area contributed by atoms with Crippen molar-refractivity contribution >= 4 is 5.78 Å². The Labute approximate surface area is 208 Å². The highest BCUT2D eigenvalue weighted by molar-refractivity contribution is 6.06. The molecule has 0 aliphatic heterocycles. The second-order valence-electron chi connectivity index (χ2n) is 8.49. The third kappa shape index (κ3) is 5.10. The summed E-state index contributed by atoms with van der Waals surface area (Å²) < 4.78 is 1.83. The molecule has 0 aliphatic rings. The molecule has 0 bridgehead atoms. The molecule has 1 N–H and O–H groups in total. The molecule has 9 nitrogen and oxygen atoms in total. The van der Waals surface area contributed by atoms with Gasteiger partial charge in [0.15, 0.2) is 0 Å². The predicted molar refractivity (Wildman–Crippen MR) is 135 cm³/mol. The maximum Gasteiger partial charge on any atom is 0.232 e. The van der Waals surface area contributed by atoms with Crippen LogP contribution in [0.5, 0.6) is 0 Å². The van der Waals surface area contributed by atoms with Crippen molar-refractivity contribution in [3.05, 3.63) is 95.7 Å². The summed E-state index contributed by atoms with van der Waals surface area (Å²) >= 11 is 0. The number of aromatic nitrogens is 8. The van der Waals surface area contributed by atoms with E-state index in [1.807, 2.05) is 65.5 Å². The van der Waals surface area contributed by atoms with Crippen LogP contribution < -0.4 is 0 Å². The van der Waals surface area contributed by atoms with Gasteiger partial charge in [-0.25, -0.2) is 9.67 Å². The Bertz CT molecular complexity index is 1430. The van der Waals surface area contributed by atoms with E-state index in [0.29, 0.717) is 17.9 Å². The minimum Gasteiger partial charge on any atom is -0.285 e. The van der Waals surface area contributed by atoms with Gasteiger partial charge in [-0.3, -0.25) is 9.78 Å². The van der Waals surface area contributed by atoms with Crippen molar-refractivity contribution in [2.45, 2.75) is 39.2 Å². The number of H-pyrrole nitrogens is 1. The molecule has 5 rings (SSSR count). The molecule has 0 saturated heterocycles. The van der Waals surface area contributed by atoms with Crippen LogP contribution in [0.2, 0.25) is 0 Å². The highest BCUT2D eigenvalue weighted by atomic mass is 16.1. The largest absolute Gasteiger partial charge is 0.285 e. The fraction of sp³-hybridized carbons (Fsp3) is 0.222. The van der Waals surface area contributed by atoms with Crippen molar-refractivity contribution in [3.63, 3.8) is 0 Å². The second kappa shape index (κ2) is 10.8. The highest BCUT2D eigenvalue weighted by Gasteiger charge is 2.18. The molecular formula is C27H26N8O. The lowest BCUT2D eigenvalue weighted by molar-refractivity contribution is 0.102. The van der Waals surface area contributed by atoms with Gasteiger partial charge in [0, 0.05) is 29.3 Å². The van der Waals surface area contributed by atoms with Crippen molar-refractivity contribution in [2.75, 3.05) is 0 Å². The normalized spacial score (nSPS) is 11.0. The summed E-state index contributed by atoms with van der Waals surface area (Å²) in [5, 5.41) is 19.0. The maximum absolute atomic E-state index is 13.0. The van der Waals surface area contributed by atoms with Crippen LogP contribution in [0, 0.1) is 0 Å². The molecule has 180 valence electrons. The Kier molecular flexibility index (Phi) is 6.98. The molecule has 0 spiro atoms. The topological polar surface area (TPSA) is 115 Å². The van der Waals surface area contributed by atoms with Gasteiger partial charge in [-0.1, -0.05) is 80.4 Å². The van der Waals surface area contributed by atoms with Gasteiger partial charge in [0.2, 0.25) is 17.4 Å². The van der Waals surface area contributed by atoms with E-state index in [1.54, 1.807) is 12.1 Å². The van der Waals surface area contributed by atoms with Crippen LogP contribution in [-0.2, 0) is 13.0 Å². The standard InChI is InChI=1S/C27H26N8O/c1-2-3-5-14-24-29-27(25(36)20-10-6-4-7-11-20)32-35(24)18-19-15-16-23(28-17-19)21-12-8-9-13-22(21)26-30-33-34-31-26/h4,6-13,15-17H,2-3,5,14,18H2,1H3,(H,30,31,33,34). The van der Waals surface area contributed by atoms with Crippen LogP contribution in [0.15, 0.2) is 72.9 Å². The summed E-state index contributed by atoms with van der Waals surface area (Å²) in [5.74, 6) is 1.39. The van der Waals surface area contributed by atoms with Gasteiger partial charge in [-0.2, -0.15) is 5.21 Å². The molecule has 2 aromatic carbocycles. The Hall–Kier alpha value is -4.53. The number of nitrogens with zero attached hydrogens (tertiary/aromatic N) is 7. The monoisotopic (exact) mass is 478 g/mol. The number of unbranched alkanes of at least 4 members (excludes halogenated alkanes) is 2. The van der Waals surface area contributed by atoms with Gasteiger partial charge in [-0.15, -0.1) is 15.3 Å². The number of pyridine rings is 1. The van der Waals surface area contributed by atoms with E-state index in [2.05, 4.69) is 37.6 Å². The molecule has 5 aromatic rings. The quantitative estimate of drug-likeness (QED) is 0.232. The van der Waals surface area contributed by atoms with Gasteiger partial charge in [0.25, 0.3) is 0 Å². The van der Waals surface area contributed by atoms with E-state index in [-0.39, 0.29) is 11.6 Å². The number of tetrazole rings is 1. The number of hydrogen-bond donors (Lipinski definition) is 1. The second-order valence-corrected chi connectivity index (χ2v) is 8.49. The van der Waals surface area contributed by atoms with Crippen LogP contribution in [0.3, 0.4) is 0 Å². The van der Waals surface area contributed by atoms with Crippen molar-refractivity contribution in [1.82, 2.24) is 40.4 Å². The van der Waals surface area contributed by atoms with E-state index in [4.69, 9.17) is 4.98 Å². The van der Waals surface area contributed by atoms with Crippen LogP contribution >= 0.6 is 0 Å². The molecule has 0 atom stereocenters. The smallest absolute Gasteiger partial charge is 0.232 e. The van der Waals surface area contributed by atoms with E-state index in [9.17, 15) is 4.79 Å². The zero-order valence-corrected chi connectivity index (χ0v) is 20.0. The first kappa shape index (κ1) is 23.2. The van der Waals surface area contributed by atoms with Gasteiger partial charge < -0.3 is 0 Å². The molecule has 0 aliphatic carbocycles. The van der Waals surface area contributed by atoms with Gasteiger partial charge in [0.05, 0.1) is 12.2 Å². The minimum absolute atomic E-state index is 0.169. The highest BCUT2D eigenvalue weighted by Crippen LogP contribution is 2.28. The van der Waals surface area contributed by atoms with Crippen LogP contribution in [0.1, 0.15) is 53.8 Å². The molecule has 0 amide bonds. The zero-order valence-electron chi connectivity index (χ0n) is 20.0. The summed E-state index contributed by atoms with van der Waals surface area (Å²) in [5.41, 5.74) is 4.13. The van der Waals surface area contributed by atoms with Gasteiger partial charge in [-0.05, 0) is 23.3 Å². The molecule has 3 aromatic heterocycles. The summed E-state index contributed by atoms with van der Waals surface area (Å²) in [7, 11) is 0. The average Bonchev–Trinajstić information content (AvgIpc) is 3.60. The maximum atomic E-state index is 13.0.